The van der Waals surface area contributed by atoms with Gasteiger partial charge in [0.05, 0.1) is 6.20 Å². The number of rotatable bonds is 8. The van der Waals surface area contributed by atoms with Crippen LogP contribution in [0.15, 0.2) is 6.20 Å². The van der Waals surface area contributed by atoms with Gasteiger partial charge in [0, 0.05) is 31.4 Å². The predicted molar refractivity (Wildman–Crippen MR) is 70.3 cm³/mol. The third kappa shape index (κ3) is 4.37. The van der Waals surface area contributed by atoms with E-state index in [2.05, 4.69) is 20.2 Å². The van der Waals surface area contributed by atoms with Gasteiger partial charge >= 0.3 is 0 Å². The molecule has 1 heterocycles. The maximum atomic E-state index is 11.9. The summed E-state index contributed by atoms with van der Waals surface area (Å²) >= 11 is 0. The van der Waals surface area contributed by atoms with Gasteiger partial charge in [0.1, 0.15) is 0 Å². The summed E-state index contributed by atoms with van der Waals surface area (Å²) in [5.74, 6) is 0. The summed E-state index contributed by atoms with van der Waals surface area (Å²) in [6.45, 7) is 3.38. The molecule has 0 unspecified atom stereocenters. The second-order valence-electron chi connectivity index (χ2n) is 4.13. The first-order valence-corrected chi connectivity index (χ1v) is 7.25. The molecule has 0 aliphatic rings. The Labute approximate surface area is 108 Å². The number of nitrogens with zero attached hydrogens (tertiary/aromatic N) is 2. The van der Waals surface area contributed by atoms with Crippen LogP contribution in [-0.2, 0) is 16.8 Å². The summed E-state index contributed by atoms with van der Waals surface area (Å²) in [4.78, 5) is 0. The number of aromatic nitrogens is 2. The first-order valence-electron chi connectivity index (χ1n) is 5.81. The van der Waals surface area contributed by atoms with Crippen LogP contribution in [0, 0.1) is 6.92 Å². The summed E-state index contributed by atoms with van der Waals surface area (Å²) in [7, 11) is -0.00834. The Hall–Kier alpha value is -0.960. The molecule has 3 N–H and O–H groups in total. The fraction of sp³-hybridized carbons (Fsp3) is 0.700. The van der Waals surface area contributed by atoms with E-state index in [9.17, 15) is 8.42 Å². The lowest BCUT2D eigenvalue weighted by atomic mass is 10.3. The fourth-order valence-corrected chi connectivity index (χ4v) is 2.36. The first-order chi connectivity index (χ1) is 8.47. The van der Waals surface area contributed by atoms with Gasteiger partial charge in [0.25, 0.3) is 10.2 Å². The SMILES string of the molecule is CNCCCN(C)S(=O)(=O)NCc1cn[nH]c1C. The highest BCUT2D eigenvalue weighted by Crippen LogP contribution is 2.03. The standard InChI is InChI=1S/C10H21N5O2S/c1-9-10(7-12-14-9)8-13-18(16,17)15(3)6-4-5-11-2/h7,11,13H,4-6,8H2,1-3H3,(H,12,14). The van der Waals surface area contributed by atoms with Crippen molar-refractivity contribution in [2.45, 2.75) is 19.9 Å². The Morgan fingerprint density at radius 1 is 1.50 bits per heavy atom. The van der Waals surface area contributed by atoms with Crippen LogP contribution in [0.1, 0.15) is 17.7 Å². The second-order valence-corrected chi connectivity index (χ2v) is 5.99. The van der Waals surface area contributed by atoms with Crippen molar-refractivity contribution in [2.24, 2.45) is 0 Å². The van der Waals surface area contributed by atoms with E-state index in [1.165, 1.54) is 4.31 Å². The zero-order valence-electron chi connectivity index (χ0n) is 11.0. The van der Waals surface area contributed by atoms with Gasteiger partial charge in [-0.1, -0.05) is 0 Å². The minimum atomic E-state index is -3.42. The van der Waals surface area contributed by atoms with E-state index >= 15 is 0 Å². The monoisotopic (exact) mass is 275 g/mol. The van der Waals surface area contributed by atoms with Gasteiger partial charge in [0.2, 0.25) is 0 Å². The molecule has 104 valence electrons. The third-order valence-corrected chi connectivity index (χ3v) is 4.20. The molecule has 0 saturated carbocycles. The van der Waals surface area contributed by atoms with E-state index in [1.54, 1.807) is 13.2 Å². The molecule has 0 atom stereocenters. The van der Waals surface area contributed by atoms with Gasteiger partial charge in [-0.15, -0.1) is 0 Å². The van der Waals surface area contributed by atoms with Crippen LogP contribution in [0.5, 0.6) is 0 Å². The largest absolute Gasteiger partial charge is 0.320 e. The molecule has 1 aromatic rings. The molecule has 18 heavy (non-hydrogen) atoms. The van der Waals surface area contributed by atoms with Crippen molar-refractivity contribution in [3.63, 3.8) is 0 Å². The number of hydrogen-bond donors (Lipinski definition) is 3. The number of aromatic amines is 1. The van der Waals surface area contributed by atoms with Crippen LogP contribution >= 0.6 is 0 Å². The molecule has 0 radical (unpaired) electrons. The summed E-state index contributed by atoms with van der Waals surface area (Å²) in [6, 6.07) is 0. The highest BCUT2D eigenvalue weighted by Gasteiger charge is 2.16. The molecule has 7 nitrogen and oxygen atoms in total. The molecule has 1 rings (SSSR count). The average Bonchev–Trinajstić information content (AvgIpc) is 2.72. The molecular formula is C10H21N5O2S. The van der Waals surface area contributed by atoms with Crippen LogP contribution in [0.4, 0.5) is 0 Å². The fourth-order valence-electron chi connectivity index (χ4n) is 1.43. The van der Waals surface area contributed by atoms with Crippen LogP contribution in [-0.4, -0.2) is 50.1 Å². The Bertz CT molecular complexity index is 457. The van der Waals surface area contributed by atoms with E-state index in [0.717, 1.165) is 24.2 Å². The molecule has 0 aliphatic heterocycles. The first kappa shape index (κ1) is 15.1. The smallest absolute Gasteiger partial charge is 0.279 e. The molecule has 0 fully saturated rings. The zero-order chi connectivity index (χ0) is 13.6. The predicted octanol–water partition coefficient (Wildman–Crippen LogP) is -0.406. The number of aryl methyl sites for hydroxylation is 1. The van der Waals surface area contributed by atoms with Gasteiger partial charge in [-0.3, -0.25) is 5.10 Å². The Balaban J connectivity index is 2.46. The lowest BCUT2D eigenvalue weighted by Gasteiger charge is -2.17. The zero-order valence-corrected chi connectivity index (χ0v) is 11.8. The third-order valence-electron chi connectivity index (χ3n) is 2.69. The Kier molecular flexibility index (Phi) is 5.73. The summed E-state index contributed by atoms with van der Waals surface area (Å²) in [5, 5.41) is 9.60. The van der Waals surface area contributed by atoms with E-state index in [1.807, 2.05) is 14.0 Å². The Morgan fingerprint density at radius 2 is 2.22 bits per heavy atom. The van der Waals surface area contributed by atoms with Crippen LogP contribution in [0.25, 0.3) is 0 Å². The average molecular weight is 275 g/mol. The number of hydrogen-bond acceptors (Lipinski definition) is 4. The maximum absolute atomic E-state index is 11.9. The summed E-state index contributed by atoms with van der Waals surface area (Å²) in [5.41, 5.74) is 1.72. The van der Waals surface area contributed by atoms with Crippen molar-refractivity contribution in [1.29, 1.82) is 0 Å². The van der Waals surface area contributed by atoms with Gasteiger partial charge in [-0.05, 0) is 26.9 Å². The summed E-state index contributed by atoms with van der Waals surface area (Å²) < 4.78 is 27.7. The lowest BCUT2D eigenvalue weighted by molar-refractivity contribution is 0.447. The van der Waals surface area contributed by atoms with Gasteiger partial charge in [-0.25, -0.2) is 0 Å². The maximum Gasteiger partial charge on any atom is 0.279 e. The molecular weight excluding hydrogens is 254 g/mol. The van der Waals surface area contributed by atoms with Gasteiger partial charge < -0.3 is 5.32 Å². The van der Waals surface area contributed by atoms with E-state index < -0.39 is 10.2 Å². The van der Waals surface area contributed by atoms with Crippen LogP contribution in [0.3, 0.4) is 0 Å². The molecule has 1 aromatic heterocycles. The van der Waals surface area contributed by atoms with Crippen molar-refractivity contribution in [1.82, 2.24) is 24.5 Å². The van der Waals surface area contributed by atoms with Crippen LogP contribution in [0.2, 0.25) is 0 Å². The molecule has 0 amide bonds. The van der Waals surface area contributed by atoms with Crippen molar-refractivity contribution in [3.05, 3.63) is 17.5 Å². The number of H-pyrrole nitrogens is 1. The van der Waals surface area contributed by atoms with E-state index in [0.29, 0.717) is 6.54 Å². The molecule has 0 saturated heterocycles. The normalized spacial score (nSPS) is 12.2. The van der Waals surface area contributed by atoms with Crippen molar-refractivity contribution < 1.29 is 8.42 Å². The highest BCUT2D eigenvalue weighted by atomic mass is 32.2. The molecule has 8 heteroatoms. The molecule has 0 aliphatic carbocycles. The minimum Gasteiger partial charge on any atom is -0.320 e. The molecule has 0 spiro atoms. The molecule has 0 bridgehead atoms. The topological polar surface area (TPSA) is 90.1 Å². The van der Waals surface area contributed by atoms with Crippen LogP contribution < -0.4 is 10.0 Å². The van der Waals surface area contributed by atoms with Crippen molar-refractivity contribution >= 4 is 10.2 Å². The second kappa shape index (κ2) is 6.83. The highest BCUT2D eigenvalue weighted by molar-refractivity contribution is 7.87. The lowest BCUT2D eigenvalue weighted by Crippen LogP contribution is -2.39. The van der Waals surface area contributed by atoms with E-state index in [-0.39, 0.29) is 6.54 Å². The van der Waals surface area contributed by atoms with E-state index in [4.69, 9.17) is 0 Å². The number of nitrogens with one attached hydrogen (secondary N) is 3. The van der Waals surface area contributed by atoms with Crippen molar-refractivity contribution in [3.8, 4) is 0 Å². The quantitative estimate of drug-likeness (QED) is 0.563. The Morgan fingerprint density at radius 3 is 2.78 bits per heavy atom. The summed E-state index contributed by atoms with van der Waals surface area (Å²) in [6.07, 6.45) is 2.40. The van der Waals surface area contributed by atoms with Gasteiger partial charge in [-0.2, -0.15) is 22.5 Å². The minimum absolute atomic E-state index is 0.251. The van der Waals surface area contributed by atoms with Crippen molar-refractivity contribution in [2.75, 3.05) is 27.2 Å². The van der Waals surface area contributed by atoms with Gasteiger partial charge in [0.15, 0.2) is 0 Å². The molecule has 0 aromatic carbocycles.